The van der Waals surface area contributed by atoms with E-state index in [9.17, 15) is 9.18 Å². The van der Waals surface area contributed by atoms with Crippen LogP contribution >= 0.6 is 15.9 Å². The van der Waals surface area contributed by atoms with E-state index in [2.05, 4.69) is 25.9 Å². The van der Waals surface area contributed by atoms with Gasteiger partial charge in [-0.15, -0.1) is 0 Å². The number of aromatic nitrogens is 2. The van der Waals surface area contributed by atoms with Gasteiger partial charge in [0, 0.05) is 15.6 Å². The van der Waals surface area contributed by atoms with Crippen LogP contribution in [0.25, 0.3) is 22.3 Å². The molecule has 0 saturated heterocycles. The lowest BCUT2D eigenvalue weighted by molar-refractivity contribution is 0.305. The van der Waals surface area contributed by atoms with E-state index in [1.807, 2.05) is 30.3 Å². The monoisotopic (exact) mass is 424 g/mol. The van der Waals surface area contributed by atoms with Gasteiger partial charge in [0.2, 0.25) is 0 Å². The molecular formula is C21H14BrFN2O2. The highest BCUT2D eigenvalue weighted by Gasteiger charge is 2.07. The van der Waals surface area contributed by atoms with E-state index in [-0.39, 0.29) is 18.0 Å². The van der Waals surface area contributed by atoms with Gasteiger partial charge in [0.05, 0.1) is 10.9 Å². The maximum atomic E-state index is 13.3. The Balaban J connectivity index is 1.55. The lowest BCUT2D eigenvalue weighted by Crippen LogP contribution is -2.09. The van der Waals surface area contributed by atoms with Crippen molar-refractivity contribution in [1.29, 1.82) is 0 Å². The van der Waals surface area contributed by atoms with Crippen LogP contribution in [-0.4, -0.2) is 9.97 Å². The average Bonchev–Trinajstić information content (AvgIpc) is 2.69. The largest absolute Gasteiger partial charge is 0.489 e. The van der Waals surface area contributed by atoms with E-state index in [1.54, 1.807) is 24.3 Å². The summed E-state index contributed by atoms with van der Waals surface area (Å²) in [6.07, 6.45) is 0. The predicted octanol–water partition coefficient (Wildman–Crippen LogP) is 5.07. The van der Waals surface area contributed by atoms with E-state index in [1.165, 1.54) is 12.1 Å². The van der Waals surface area contributed by atoms with Gasteiger partial charge in [0.25, 0.3) is 5.56 Å². The molecule has 0 aliphatic rings. The molecule has 4 aromatic rings. The van der Waals surface area contributed by atoms with E-state index < -0.39 is 0 Å². The Hall–Kier alpha value is -2.99. The van der Waals surface area contributed by atoms with Crippen LogP contribution in [0.2, 0.25) is 0 Å². The third-order valence-corrected chi connectivity index (χ3v) is 4.92. The van der Waals surface area contributed by atoms with Crippen LogP contribution in [0.15, 0.2) is 76.0 Å². The summed E-state index contributed by atoms with van der Waals surface area (Å²) in [7, 11) is 0. The minimum absolute atomic E-state index is 0.174. The van der Waals surface area contributed by atoms with E-state index in [4.69, 9.17) is 4.74 Å². The number of ether oxygens (including phenoxy) is 1. The Bertz CT molecular complexity index is 1170. The van der Waals surface area contributed by atoms with Crippen molar-refractivity contribution in [1.82, 2.24) is 9.97 Å². The van der Waals surface area contributed by atoms with Crippen molar-refractivity contribution in [3.63, 3.8) is 0 Å². The molecule has 1 heterocycles. The van der Waals surface area contributed by atoms with Gasteiger partial charge in [-0.1, -0.05) is 28.1 Å². The van der Waals surface area contributed by atoms with Crippen LogP contribution < -0.4 is 10.3 Å². The molecule has 4 rings (SSSR count). The van der Waals surface area contributed by atoms with Gasteiger partial charge in [-0.25, -0.2) is 9.37 Å². The Labute approximate surface area is 162 Å². The summed E-state index contributed by atoms with van der Waals surface area (Å²) in [5.41, 5.74) is 1.97. The second-order valence-electron chi connectivity index (χ2n) is 5.98. The van der Waals surface area contributed by atoms with E-state index >= 15 is 0 Å². The van der Waals surface area contributed by atoms with Gasteiger partial charge in [-0.05, 0) is 54.6 Å². The molecule has 0 spiro atoms. The third kappa shape index (κ3) is 3.75. The number of para-hydroxylation sites is 1. The predicted molar refractivity (Wildman–Crippen MR) is 106 cm³/mol. The molecule has 6 heteroatoms. The maximum absolute atomic E-state index is 13.3. The molecule has 0 atom stereocenters. The van der Waals surface area contributed by atoms with E-state index in [0.29, 0.717) is 22.5 Å². The van der Waals surface area contributed by atoms with Crippen LogP contribution in [0, 0.1) is 5.82 Å². The maximum Gasteiger partial charge on any atom is 0.259 e. The first-order valence-electron chi connectivity index (χ1n) is 8.26. The van der Waals surface area contributed by atoms with Gasteiger partial charge >= 0.3 is 0 Å². The van der Waals surface area contributed by atoms with Gasteiger partial charge < -0.3 is 9.72 Å². The summed E-state index contributed by atoms with van der Waals surface area (Å²) in [4.78, 5) is 19.5. The zero-order valence-electron chi connectivity index (χ0n) is 14.1. The minimum atomic E-state index is -0.307. The molecular weight excluding hydrogens is 411 g/mol. The minimum Gasteiger partial charge on any atom is -0.489 e. The number of benzene rings is 3. The van der Waals surface area contributed by atoms with Crippen molar-refractivity contribution >= 4 is 26.8 Å². The number of halogens is 2. The molecule has 1 N–H and O–H groups in total. The van der Waals surface area contributed by atoms with Crippen LogP contribution in [0.5, 0.6) is 5.75 Å². The number of nitrogens with one attached hydrogen (secondary N) is 1. The number of hydrogen-bond donors (Lipinski definition) is 1. The quantitative estimate of drug-likeness (QED) is 0.497. The Morgan fingerprint density at radius 3 is 2.63 bits per heavy atom. The number of fused-ring (bicyclic) bond motifs is 1. The summed E-state index contributed by atoms with van der Waals surface area (Å²) < 4.78 is 19.9. The highest BCUT2D eigenvalue weighted by molar-refractivity contribution is 9.10. The lowest BCUT2D eigenvalue weighted by Gasteiger charge is -2.09. The first kappa shape index (κ1) is 17.4. The van der Waals surface area contributed by atoms with Gasteiger partial charge in [-0.2, -0.15) is 0 Å². The fourth-order valence-electron chi connectivity index (χ4n) is 2.75. The van der Waals surface area contributed by atoms with E-state index in [0.717, 1.165) is 15.6 Å². The van der Waals surface area contributed by atoms with Crippen molar-refractivity contribution in [2.24, 2.45) is 0 Å². The number of nitrogens with zero attached hydrogens (tertiary/aromatic N) is 1. The van der Waals surface area contributed by atoms with Crippen molar-refractivity contribution in [3.05, 3.63) is 92.9 Å². The lowest BCUT2D eigenvalue weighted by atomic mass is 10.2. The molecule has 0 unspecified atom stereocenters. The van der Waals surface area contributed by atoms with Crippen molar-refractivity contribution < 1.29 is 9.13 Å². The van der Waals surface area contributed by atoms with Gasteiger partial charge in [0.15, 0.2) is 0 Å². The van der Waals surface area contributed by atoms with Crippen molar-refractivity contribution in [2.45, 2.75) is 6.61 Å². The number of aromatic amines is 1. The summed E-state index contributed by atoms with van der Waals surface area (Å²) in [6.45, 7) is 0.239. The zero-order chi connectivity index (χ0) is 18.8. The second-order valence-corrected chi connectivity index (χ2v) is 6.83. The zero-order valence-corrected chi connectivity index (χ0v) is 15.7. The molecule has 0 radical (unpaired) electrons. The molecule has 0 fully saturated rings. The molecule has 27 heavy (non-hydrogen) atoms. The normalized spacial score (nSPS) is 10.9. The Morgan fingerprint density at radius 2 is 1.81 bits per heavy atom. The SMILES string of the molecule is O=c1[nH]c(-c2ccc(OCc3cc(F)ccc3Br)cc2)nc2ccccc12. The molecule has 1 aromatic heterocycles. The number of H-pyrrole nitrogens is 1. The average molecular weight is 425 g/mol. The highest BCUT2D eigenvalue weighted by Crippen LogP contribution is 2.23. The van der Waals surface area contributed by atoms with Crippen LogP contribution in [0.1, 0.15) is 5.56 Å². The summed E-state index contributed by atoms with van der Waals surface area (Å²) >= 11 is 3.38. The summed E-state index contributed by atoms with van der Waals surface area (Å²) in [6, 6.07) is 18.9. The smallest absolute Gasteiger partial charge is 0.259 e. The van der Waals surface area contributed by atoms with Gasteiger partial charge in [-0.3, -0.25) is 4.79 Å². The summed E-state index contributed by atoms with van der Waals surface area (Å²) in [5.74, 6) is 0.828. The molecule has 0 amide bonds. The number of hydrogen-bond acceptors (Lipinski definition) is 3. The van der Waals surface area contributed by atoms with Crippen LogP contribution in [0.3, 0.4) is 0 Å². The van der Waals surface area contributed by atoms with Crippen LogP contribution in [0.4, 0.5) is 4.39 Å². The van der Waals surface area contributed by atoms with Crippen LogP contribution in [-0.2, 0) is 6.61 Å². The molecule has 4 nitrogen and oxygen atoms in total. The molecule has 134 valence electrons. The molecule has 0 bridgehead atoms. The topological polar surface area (TPSA) is 55.0 Å². The van der Waals surface area contributed by atoms with Crippen molar-refractivity contribution in [3.8, 4) is 17.1 Å². The fourth-order valence-corrected chi connectivity index (χ4v) is 3.11. The molecule has 0 aliphatic heterocycles. The number of rotatable bonds is 4. The standard InChI is InChI=1S/C21H14BrFN2O2/c22-18-10-7-15(23)11-14(18)12-27-16-8-5-13(6-9-16)20-24-19-4-2-1-3-17(19)21(26)25-20/h1-11H,12H2,(H,24,25,26). The first-order chi connectivity index (χ1) is 13.1. The molecule has 3 aromatic carbocycles. The highest BCUT2D eigenvalue weighted by atomic mass is 79.9. The first-order valence-corrected chi connectivity index (χ1v) is 9.06. The Kier molecular flexibility index (Phi) is 4.73. The Morgan fingerprint density at radius 1 is 1.04 bits per heavy atom. The third-order valence-electron chi connectivity index (χ3n) is 4.14. The summed E-state index contributed by atoms with van der Waals surface area (Å²) in [5, 5.41) is 0.557. The second kappa shape index (κ2) is 7.32. The fraction of sp³-hybridized carbons (Fsp3) is 0.0476. The molecule has 0 saturated carbocycles. The molecule has 0 aliphatic carbocycles. The van der Waals surface area contributed by atoms with Crippen molar-refractivity contribution in [2.75, 3.05) is 0 Å². The van der Waals surface area contributed by atoms with Gasteiger partial charge in [0.1, 0.15) is 24.0 Å².